The van der Waals surface area contributed by atoms with Crippen LogP contribution in [0.1, 0.15) is 22.5 Å². The predicted molar refractivity (Wildman–Crippen MR) is 85.8 cm³/mol. The van der Waals surface area contributed by atoms with Crippen LogP contribution >= 0.6 is 11.3 Å². The Hall–Kier alpha value is -1.92. The van der Waals surface area contributed by atoms with Gasteiger partial charge in [-0.15, -0.1) is 11.3 Å². The van der Waals surface area contributed by atoms with Gasteiger partial charge < -0.3 is 14.4 Å². The molecule has 0 radical (unpaired) electrons. The van der Waals surface area contributed by atoms with Crippen LogP contribution in [-0.4, -0.2) is 37.3 Å². The molecule has 1 fully saturated rings. The largest absolute Gasteiger partial charge is 0.495 e. The lowest BCUT2D eigenvalue weighted by Gasteiger charge is -2.25. The molecule has 0 saturated carbocycles. The highest BCUT2D eigenvalue weighted by molar-refractivity contribution is 7.12. The first-order chi connectivity index (χ1) is 10.8. The van der Waals surface area contributed by atoms with Crippen molar-refractivity contribution in [3.05, 3.63) is 40.8 Å². The Bertz CT molecular complexity index is 623. The molecule has 0 bridgehead atoms. The minimum absolute atomic E-state index is 0.0615. The van der Waals surface area contributed by atoms with Gasteiger partial charge in [0.05, 0.1) is 19.8 Å². The van der Waals surface area contributed by atoms with Crippen LogP contribution in [0.3, 0.4) is 0 Å². The maximum Gasteiger partial charge on any atom is 0.272 e. The van der Waals surface area contributed by atoms with E-state index in [4.69, 9.17) is 9.47 Å². The van der Waals surface area contributed by atoms with Crippen LogP contribution in [0.25, 0.3) is 0 Å². The third-order valence-corrected chi connectivity index (χ3v) is 4.56. The Balaban J connectivity index is 1.88. The van der Waals surface area contributed by atoms with Crippen LogP contribution in [0.15, 0.2) is 36.0 Å². The van der Waals surface area contributed by atoms with Crippen LogP contribution < -0.4 is 9.64 Å². The van der Waals surface area contributed by atoms with Crippen LogP contribution in [-0.2, 0) is 4.74 Å². The second-order valence-corrected chi connectivity index (χ2v) is 5.99. The fourth-order valence-electron chi connectivity index (χ4n) is 2.56. The Labute approximate surface area is 133 Å². The Morgan fingerprint density at radius 3 is 2.95 bits per heavy atom. The number of carbonyl (C=O) groups excluding carboxylic acids is 1. The molecule has 3 rings (SSSR count). The van der Waals surface area contributed by atoms with E-state index in [0.717, 1.165) is 25.1 Å². The van der Waals surface area contributed by atoms with Gasteiger partial charge in [0.15, 0.2) is 0 Å². The molecule has 1 saturated heterocycles. The van der Waals surface area contributed by atoms with Gasteiger partial charge in [0.2, 0.25) is 0 Å². The second-order valence-electron chi connectivity index (χ2n) is 5.07. The van der Waals surface area contributed by atoms with E-state index in [-0.39, 0.29) is 12.0 Å². The van der Waals surface area contributed by atoms with Gasteiger partial charge in [-0.3, -0.25) is 9.78 Å². The minimum Gasteiger partial charge on any atom is -0.495 e. The lowest BCUT2D eigenvalue weighted by Crippen LogP contribution is -2.37. The van der Waals surface area contributed by atoms with Crippen molar-refractivity contribution in [2.75, 3.05) is 25.2 Å². The zero-order chi connectivity index (χ0) is 15.4. The van der Waals surface area contributed by atoms with Crippen LogP contribution in [0.2, 0.25) is 0 Å². The normalized spacial score (nSPS) is 17.4. The van der Waals surface area contributed by atoms with Gasteiger partial charge in [0.1, 0.15) is 10.6 Å². The van der Waals surface area contributed by atoms with E-state index < -0.39 is 0 Å². The van der Waals surface area contributed by atoms with Crippen molar-refractivity contribution in [1.82, 2.24) is 4.98 Å². The number of methoxy groups -OCH3 is 1. The van der Waals surface area contributed by atoms with Gasteiger partial charge in [-0.1, -0.05) is 0 Å². The molecule has 3 heterocycles. The number of nitrogens with zero attached hydrogens (tertiary/aromatic N) is 2. The van der Waals surface area contributed by atoms with E-state index in [1.54, 1.807) is 24.4 Å². The summed E-state index contributed by atoms with van der Waals surface area (Å²) >= 11 is 1.39. The summed E-state index contributed by atoms with van der Waals surface area (Å²) in [7, 11) is 1.58. The van der Waals surface area contributed by atoms with Gasteiger partial charge in [-0.2, -0.15) is 0 Å². The summed E-state index contributed by atoms with van der Waals surface area (Å²) in [6, 6.07) is 5.49. The summed E-state index contributed by atoms with van der Waals surface area (Å²) in [5.41, 5.74) is 0.825. The molecule has 1 aliphatic rings. The standard InChI is InChI=1S/C16H18N2O3S/c1-20-14-6-10-22-15(14)16(19)18(11-13-3-2-9-21-13)12-4-7-17-8-5-12/h4-8,10,13H,2-3,9,11H2,1H3/t13-/m1/s1. The molecule has 0 aromatic carbocycles. The zero-order valence-electron chi connectivity index (χ0n) is 12.4. The van der Waals surface area contributed by atoms with Gasteiger partial charge in [0, 0.05) is 24.7 Å². The fraction of sp³-hybridized carbons (Fsp3) is 0.375. The van der Waals surface area contributed by atoms with Crippen LogP contribution in [0, 0.1) is 0 Å². The lowest BCUT2D eigenvalue weighted by atomic mass is 10.2. The molecular formula is C16H18N2O3S. The molecular weight excluding hydrogens is 300 g/mol. The van der Waals surface area contributed by atoms with Crippen LogP contribution in [0.5, 0.6) is 5.75 Å². The smallest absolute Gasteiger partial charge is 0.272 e. The first-order valence-electron chi connectivity index (χ1n) is 7.24. The summed E-state index contributed by atoms with van der Waals surface area (Å²) < 4.78 is 11.0. The third-order valence-electron chi connectivity index (χ3n) is 3.67. The maximum atomic E-state index is 13.0. The van der Waals surface area contributed by atoms with E-state index in [1.807, 2.05) is 23.6 Å². The molecule has 0 unspecified atom stereocenters. The number of hydrogen-bond acceptors (Lipinski definition) is 5. The molecule has 2 aromatic rings. The van der Waals surface area contributed by atoms with Crippen molar-refractivity contribution in [3.8, 4) is 5.75 Å². The number of ether oxygens (including phenoxy) is 2. The number of amides is 1. The highest BCUT2D eigenvalue weighted by atomic mass is 32.1. The molecule has 1 aliphatic heterocycles. The first-order valence-corrected chi connectivity index (χ1v) is 8.12. The molecule has 0 aliphatic carbocycles. The zero-order valence-corrected chi connectivity index (χ0v) is 13.2. The van der Waals surface area contributed by atoms with Gasteiger partial charge in [-0.05, 0) is 36.4 Å². The number of carbonyl (C=O) groups is 1. The predicted octanol–water partition coefficient (Wildman–Crippen LogP) is 2.98. The van der Waals surface area contributed by atoms with E-state index in [1.165, 1.54) is 11.3 Å². The average molecular weight is 318 g/mol. The van der Waals surface area contributed by atoms with Crippen molar-refractivity contribution in [2.24, 2.45) is 0 Å². The van der Waals surface area contributed by atoms with Gasteiger partial charge >= 0.3 is 0 Å². The Kier molecular flexibility index (Phi) is 4.70. The first kappa shape index (κ1) is 15.0. The summed E-state index contributed by atoms with van der Waals surface area (Å²) in [5, 5.41) is 1.86. The second kappa shape index (κ2) is 6.89. The van der Waals surface area contributed by atoms with Crippen LogP contribution in [0.4, 0.5) is 5.69 Å². The molecule has 0 N–H and O–H groups in total. The summed E-state index contributed by atoms with van der Waals surface area (Å²) in [6.45, 7) is 1.31. The fourth-order valence-corrected chi connectivity index (χ4v) is 3.36. The Morgan fingerprint density at radius 1 is 1.45 bits per heavy atom. The number of anilines is 1. The van der Waals surface area contributed by atoms with E-state index >= 15 is 0 Å². The quantitative estimate of drug-likeness (QED) is 0.850. The van der Waals surface area contributed by atoms with E-state index in [9.17, 15) is 4.79 Å². The molecule has 0 spiro atoms. The highest BCUT2D eigenvalue weighted by Gasteiger charge is 2.27. The number of hydrogen-bond donors (Lipinski definition) is 0. The van der Waals surface area contributed by atoms with Crippen molar-refractivity contribution in [3.63, 3.8) is 0 Å². The number of thiophene rings is 1. The highest BCUT2D eigenvalue weighted by Crippen LogP contribution is 2.29. The number of aromatic nitrogens is 1. The molecule has 6 heteroatoms. The van der Waals surface area contributed by atoms with Gasteiger partial charge in [-0.25, -0.2) is 0 Å². The molecule has 1 atom stereocenters. The molecule has 1 amide bonds. The molecule has 116 valence electrons. The minimum atomic E-state index is -0.0615. The maximum absolute atomic E-state index is 13.0. The van der Waals surface area contributed by atoms with Crippen molar-refractivity contribution < 1.29 is 14.3 Å². The van der Waals surface area contributed by atoms with Gasteiger partial charge in [0.25, 0.3) is 5.91 Å². The molecule has 22 heavy (non-hydrogen) atoms. The summed E-state index contributed by atoms with van der Waals surface area (Å²) in [6.07, 6.45) is 5.50. The lowest BCUT2D eigenvalue weighted by molar-refractivity contribution is 0.0918. The van der Waals surface area contributed by atoms with Crippen molar-refractivity contribution in [1.29, 1.82) is 0 Å². The third kappa shape index (κ3) is 3.13. The average Bonchev–Trinajstić information content (AvgIpc) is 3.24. The van der Waals surface area contributed by atoms with E-state index in [2.05, 4.69) is 4.98 Å². The molecule has 5 nitrogen and oxygen atoms in total. The topological polar surface area (TPSA) is 51.7 Å². The monoisotopic (exact) mass is 318 g/mol. The SMILES string of the molecule is COc1ccsc1C(=O)N(C[C@H]1CCCO1)c1ccncc1. The summed E-state index contributed by atoms with van der Waals surface area (Å²) in [5.74, 6) is 0.551. The van der Waals surface area contributed by atoms with Crippen molar-refractivity contribution in [2.45, 2.75) is 18.9 Å². The molecule has 2 aromatic heterocycles. The number of rotatable bonds is 5. The Morgan fingerprint density at radius 2 is 2.27 bits per heavy atom. The number of pyridine rings is 1. The summed E-state index contributed by atoms with van der Waals surface area (Å²) in [4.78, 5) is 19.3. The van der Waals surface area contributed by atoms with Crippen molar-refractivity contribution >= 4 is 22.9 Å². The van der Waals surface area contributed by atoms with E-state index in [0.29, 0.717) is 17.2 Å².